The van der Waals surface area contributed by atoms with Gasteiger partial charge in [0.25, 0.3) is 0 Å². The van der Waals surface area contributed by atoms with Crippen LogP contribution in [-0.4, -0.2) is 36.8 Å². The molecule has 0 radical (unpaired) electrons. The van der Waals surface area contributed by atoms with Gasteiger partial charge in [-0.1, -0.05) is 61.5 Å². The fraction of sp³-hybridized carbons (Fsp3) is 0.429. The second-order valence-electron chi connectivity index (χ2n) is 6.40. The Balaban J connectivity index is 2.15. The number of rotatable bonds is 9. The van der Waals surface area contributed by atoms with Gasteiger partial charge in [-0.25, -0.2) is 0 Å². The van der Waals surface area contributed by atoms with Crippen molar-refractivity contribution >= 4 is 11.8 Å². The van der Waals surface area contributed by atoms with Crippen molar-refractivity contribution in [3.63, 3.8) is 0 Å². The van der Waals surface area contributed by atoms with Crippen LogP contribution in [0, 0.1) is 0 Å². The van der Waals surface area contributed by atoms with Crippen LogP contribution in [0.3, 0.4) is 0 Å². The summed E-state index contributed by atoms with van der Waals surface area (Å²) in [6.45, 7) is 7.12. The first kappa shape index (κ1) is 20.0. The predicted octanol–water partition coefficient (Wildman–Crippen LogP) is 4.26. The van der Waals surface area contributed by atoms with Crippen LogP contribution in [0.2, 0.25) is 0 Å². The van der Waals surface area contributed by atoms with Gasteiger partial charge < -0.3 is 15.2 Å². The Morgan fingerprint density at radius 2 is 1.68 bits per heavy atom. The number of methoxy groups -OCH3 is 1. The second-order valence-corrected chi connectivity index (χ2v) is 8.17. The number of hydrogen-bond acceptors (Lipinski definition) is 4. The molecule has 0 aliphatic carbocycles. The predicted molar refractivity (Wildman–Crippen MR) is 108 cm³/mol. The normalized spacial score (nSPS) is 16.2. The Labute approximate surface area is 155 Å². The molecule has 0 saturated heterocycles. The van der Waals surface area contributed by atoms with E-state index in [1.807, 2.05) is 24.8 Å². The largest absolute Gasteiger partial charge is 0.367 e. The lowest BCUT2D eigenvalue weighted by molar-refractivity contribution is -0.0932. The number of thioether (sulfide) groups is 1. The average Bonchev–Trinajstić information content (AvgIpc) is 2.66. The highest BCUT2D eigenvalue weighted by Gasteiger charge is 2.28. The van der Waals surface area contributed by atoms with E-state index in [4.69, 9.17) is 4.74 Å². The zero-order valence-electron chi connectivity index (χ0n) is 15.5. The summed E-state index contributed by atoms with van der Waals surface area (Å²) in [5.74, 6) is 1.03. The monoisotopic (exact) mass is 359 g/mol. The summed E-state index contributed by atoms with van der Waals surface area (Å²) in [6, 6.07) is 19.1. The maximum absolute atomic E-state index is 9.79. The highest BCUT2D eigenvalue weighted by atomic mass is 32.2. The fourth-order valence-electron chi connectivity index (χ4n) is 2.86. The Hall–Kier alpha value is -1.33. The van der Waals surface area contributed by atoms with Crippen molar-refractivity contribution in [2.24, 2.45) is 0 Å². The van der Waals surface area contributed by atoms with E-state index in [1.165, 1.54) is 23.8 Å². The van der Waals surface area contributed by atoms with E-state index in [0.29, 0.717) is 0 Å². The van der Waals surface area contributed by atoms with E-state index in [9.17, 15) is 5.11 Å². The van der Waals surface area contributed by atoms with Crippen molar-refractivity contribution < 1.29 is 9.84 Å². The number of ether oxygens (including phenoxy) is 1. The lowest BCUT2D eigenvalue weighted by Gasteiger charge is -2.32. The molecule has 0 aliphatic rings. The van der Waals surface area contributed by atoms with Crippen LogP contribution in [0.5, 0.6) is 0 Å². The van der Waals surface area contributed by atoms with Crippen molar-refractivity contribution in [1.29, 1.82) is 0 Å². The van der Waals surface area contributed by atoms with Gasteiger partial charge in [-0.3, -0.25) is 0 Å². The quantitative estimate of drug-likeness (QED) is 0.656. The standard InChI is InChI=1S/C21H29NO2S/c1-5-25-21(3,15-22-16(2)20(23)24-4)19-13-11-18(12-14-19)17-9-7-6-8-10-17/h6-14,16,20,22-23H,5,15H2,1-4H3/t16?,20?,21-/m0/s1. The number of nitrogens with one attached hydrogen (secondary N) is 1. The maximum Gasteiger partial charge on any atom is 0.169 e. The SMILES string of the molecule is CCS[C@@](C)(CNC(C)C(O)OC)c1ccc(-c2ccccc2)cc1. The Bertz CT molecular complexity index is 632. The van der Waals surface area contributed by atoms with Crippen LogP contribution >= 0.6 is 11.8 Å². The molecule has 3 nitrogen and oxygen atoms in total. The fourth-order valence-corrected chi connectivity index (χ4v) is 3.99. The molecular formula is C21H29NO2S. The van der Waals surface area contributed by atoms with Crippen LogP contribution in [0.1, 0.15) is 26.3 Å². The van der Waals surface area contributed by atoms with Gasteiger partial charge in [0.15, 0.2) is 6.29 Å². The molecule has 0 fully saturated rings. The zero-order valence-corrected chi connectivity index (χ0v) is 16.3. The number of aliphatic hydroxyl groups excluding tert-OH is 1. The summed E-state index contributed by atoms with van der Waals surface area (Å²) in [5, 5.41) is 13.2. The number of benzene rings is 2. The summed E-state index contributed by atoms with van der Waals surface area (Å²) in [7, 11) is 1.52. The first-order valence-corrected chi connectivity index (χ1v) is 9.73. The van der Waals surface area contributed by atoms with Crippen LogP contribution in [0.25, 0.3) is 11.1 Å². The molecule has 0 saturated carbocycles. The maximum atomic E-state index is 9.79. The van der Waals surface area contributed by atoms with Crippen molar-refractivity contribution in [3.05, 3.63) is 60.2 Å². The first-order chi connectivity index (χ1) is 12.0. The minimum Gasteiger partial charge on any atom is -0.367 e. The van der Waals surface area contributed by atoms with Gasteiger partial charge >= 0.3 is 0 Å². The molecule has 2 aromatic rings. The summed E-state index contributed by atoms with van der Waals surface area (Å²) in [6.07, 6.45) is -0.795. The van der Waals surface area contributed by atoms with Crippen molar-refractivity contribution in [2.45, 2.75) is 37.9 Å². The summed E-state index contributed by atoms with van der Waals surface area (Å²) >= 11 is 1.91. The summed E-state index contributed by atoms with van der Waals surface area (Å²) in [4.78, 5) is 0. The molecule has 0 heterocycles. The van der Waals surface area contributed by atoms with Gasteiger partial charge in [-0.2, -0.15) is 0 Å². The van der Waals surface area contributed by atoms with E-state index in [1.54, 1.807) is 0 Å². The molecule has 0 bridgehead atoms. The van der Waals surface area contributed by atoms with Crippen molar-refractivity contribution in [2.75, 3.05) is 19.4 Å². The Morgan fingerprint density at radius 1 is 1.08 bits per heavy atom. The summed E-state index contributed by atoms with van der Waals surface area (Å²) in [5.41, 5.74) is 3.74. The Kier molecular flexibility index (Phi) is 7.51. The zero-order chi connectivity index (χ0) is 18.3. The highest BCUT2D eigenvalue weighted by Crippen LogP contribution is 2.36. The third-order valence-electron chi connectivity index (χ3n) is 4.50. The molecular weight excluding hydrogens is 330 g/mol. The van der Waals surface area contributed by atoms with Crippen LogP contribution in [-0.2, 0) is 9.48 Å². The lowest BCUT2D eigenvalue weighted by Crippen LogP contribution is -2.44. The molecule has 0 amide bonds. The van der Waals surface area contributed by atoms with E-state index in [2.05, 4.69) is 67.7 Å². The second kappa shape index (κ2) is 9.39. The smallest absolute Gasteiger partial charge is 0.169 e. The molecule has 2 unspecified atom stereocenters. The molecule has 0 spiro atoms. The van der Waals surface area contributed by atoms with E-state index in [-0.39, 0.29) is 10.8 Å². The van der Waals surface area contributed by atoms with Crippen molar-refractivity contribution in [1.82, 2.24) is 5.32 Å². The van der Waals surface area contributed by atoms with E-state index in [0.717, 1.165) is 12.3 Å². The Morgan fingerprint density at radius 3 is 2.24 bits per heavy atom. The number of hydrogen-bond donors (Lipinski definition) is 2. The molecule has 25 heavy (non-hydrogen) atoms. The molecule has 2 aromatic carbocycles. The van der Waals surface area contributed by atoms with Crippen LogP contribution in [0.15, 0.2) is 54.6 Å². The molecule has 4 heteroatoms. The molecule has 2 rings (SSSR count). The van der Waals surface area contributed by atoms with Gasteiger partial charge in [-0.15, -0.1) is 11.8 Å². The van der Waals surface area contributed by atoms with Crippen LogP contribution in [0.4, 0.5) is 0 Å². The van der Waals surface area contributed by atoms with E-state index >= 15 is 0 Å². The third kappa shape index (κ3) is 5.32. The van der Waals surface area contributed by atoms with Gasteiger partial charge in [0, 0.05) is 13.7 Å². The number of aliphatic hydroxyl groups is 1. The lowest BCUT2D eigenvalue weighted by atomic mass is 9.96. The molecule has 0 aliphatic heterocycles. The highest BCUT2D eigenvalue weighted by molar-refractivity contribution is 8.00. The minimum absolute atomic E-state index is 0.0638. The molecule has 0 aromatic heterocycles. The van der Waals surface area contributed by atoms with Crippen molar-refractivity contribution in [3.8, 4) is 11.1 Å². The minimum atomic E-state index is -0.795. The van der Waals surface area contributed by atoms with Gasteiger partial charge in [0.05, 0.1) is 10.8 Å². The molecule has 136 valence electrons. The molecule has 3 atom stereocenters. The summed E-state index contributed by atoms with van der Waals surface area (Å²) < 4.78 is 4.93. The molecule has 2 N–H and O–H groups in total. The van der Waals surface area contributed by atoms with Gasteiger partial charge in [0.1, 0.15) is 0 Å². The topological polar surface area (TPSA) is 41.5 Å². The van der Waals surface area contributed by atoms with Crippen LogP contribution < -0.4 is 5.32 Å². The van der Waals surface area contributed by atoms with E-state index < -0.39 is 6.29 Å². The average molecular weight is 360 g/mol. The van der Waals surface area contributed by atoms with Gasteiger partial charge in [0.2, 0.25) is 0 Å². The third-order valence-corrected chi connectivity index (χ3v) is 5.80. The van der Waals surface area contributed by atoms with Gasteiger partial charge in [-0.05, 0) is 36.3 Å². The first-order valence-electron chi connectivity index (χ1n) is 8.74.